The lowest BCUT2D eigenvalue weighted by molar-refractivity contribution is 0.0946. The molecule has 6 nitrogen and oxygen atoms in total. The van der Waals surface area contributed by atoms with Crippen molar-refractivity contribution in [2.24, 2.45) is 0 Å². The second-order valence-electron chi connectivity index (χ2n) is 6.45. The number of benzene rings is 1. The predicted molar refractivity (Wildman–Crippen MR) is 102 cm³/mol. The Kier molecular flexibility index (Phi) is 7.29. The van der Waals surface area contributed by atoms with Gasteiger partial charge in [-0.05, 0) is 57.2 Å². The second-order valence-corrected chi connectivity index (χ2v) is 6.45. The van der Waals surface area contributed by atoms with E-state index in [2.05, 4.69) is 20.5 Å². The molecule has 1 aromatic heterocycles. The number of aromatic nitrogens is 1. The van der Waals surface area contributed by atoms with Gasteiger partial charge in [0.25, 0.3) is 11.8 Å². The molecular weight excluding hydrogens is 328 g/mol. The van der Waals surface area contributed by atoms with Gasteiger partial charge in [0, 0.05) is 24.8 Å². The Morgan fingerprint density at radius 1 is 1.08 bits per heavy atom. The summed E-state index contributed by atoms with van der Waals surface area (Å²) in [7, 11) is 3.99. The van der Waals surface area contributed by atoms with Gasteiger partial charge in [-0.2, -0.15) is 0 Å². The Hall–Kier alpha value is -2.73. The van der Waals surface area contributed by atoms with Crippen LogP contribution >= 0.6 is 0 Å². The number of nitrogens with zero attached hydrogens (tertiary/aromatic N) is 2. The Labute approximate surface area is 154 Å². The third-order valence-electron chi connectivity index (χ3n) is 4.02. The molecule has 2 amide bonds. The van der Waals surface area contributed by atoms with Gasteiger partial charge < -0.3 is 15.5 Å². The van der Waals surface area contributed by atoms with E-state index >= 15 is 0 Å². The number of rotatable bonds is 8. The summed E-state index contributed by atoms with van der Waals surface area (Å²) in [5.74, 6) is -0.491. The maximum atomic E-state index is 12.3. The van der Waals surface area contributed by atoms with Crippen LogP contribution < -0.4 is 10.6 Å². The normalized spacial score (nSPS) is 10.6. The highest BCUT2D eigenvalue weighted by atomic mass is 16.2. The fourth-order valence-corrected chi connectivity index (χ4v) is 2.47. The van der Waals surface area contributed by atoms with E-state index < -0.39 is 0 Å². The number of pyridine rings is 1. The molecule has 0 saturated carbocycles. The molecule has 0 saturated heterocycles. The fraction of sp³-hybridized carbons (Fsp3) is 0.350. The van der Waals surface area contributed by atoms with Crippen molar-refractivity contribution >= 4 is 11.8 Å². The molecule has 1 aromatic carbocycles. The summed E-state index contributed by atoms with van der Waals surface area (Å²) >= 11 is 0. The maximum Gasteiger partial charge on any atom is 0.270 e. The van der Waals surface area contributed by atoms with Gasteiger partial charge in [-0.25, -0.2) is 0 Å². The van der Waals surface area contributed by atoms with E-state index in [4.69, 9.17) is 0 Å². The van der Waals surface area contributed by atoms with Crippen molar-refractivity contribution < 1.29 is 9.59 Å². The lowest BCUT2D eigenvalue weighted by Gasteiger charge is -2.10. The van der Waals surface area contributed by atoms with Gasteiger partial charge in [-0.1, -0.05) is 24.3 Å². The molecule has 0 aliphatic heterocycles. The van der Waals surface area contributed by atoms with Crippen molar-refractivity contribution in [1.29, 1.82) is 0 Å². The lowest BCUT2D eigenvalue weighted by atomic mass is 10.1. The molecule has 6 heteroatoms. The third kappa shape index (κ3) is 5.97. The zero-order chi connectivity index (χ0) is 18.9. The Morgan fingerprint density at radius 2 is 1.85 bits per heavy atom. The molecule has 2 N–H and O–H groups in total. The predicted octanol–water partition coefficient (Wildman–Crippen LogP) is 2.00. The first-order valence-electron chi connectivity index (χ1n) is 8.69. The highest BCUT2D eigenvalue weighted by Crippen LogP contribution is 2.07. The van der Waals surface area contributed by atoms with Crippen LogP contribution in [-0.4, -0.2) is 48.9 Å². The molecule has 26 heavy (non-hydrogen) atoms. The summed E-state index contributed by atoms with van der Waals surface area (Å²) < 4.78 is 0. The summed E-state index contributed by atoms with van der Waals surface area (Å²) in [5.41, 5.74) is 2.84. The molecule has 0 aliphatic carbocycles. The van der Waals surface area contributed by atoms with Gasteiger partial charge in [0.05, 0.1) is 0 Å². The number of hydrogen-bond acceptors (Lipinski definition) is 4. The van der Waals surface area contributed by atoms with E-state index in [9.17, 15) is 9.59 Å². The van der Waals surface area contributed by atoms with Crippen LogP contribution in [0.4, 0.5) is 0 Å². The number of amides is 2. The second kappa shape index (κ2) is 9.68. The first-order valence-corrected chi connectivity index (χ1v) is 8.69. The lowest BCUT2D eigenvalue weighted by Crippen LogP contribution is -2.28. The number of carbonyl (C=O) groups is 2. The van der Waals surface area contributed by atoms with Gasteiger partial charge in [0.15, 0.2) is 0 Å². The minimum absolute atomic E-state index is 0.195. The SMILES string of the molecule is Cc1ccccc1CNC(=O)c1cc(C(=O)NCCCN(C)C)ccn1. The van der Waals surface area contributed by atoms with Gasteiger partial charge >= 0.3 is 0 Å². The average molecular weight is 354 g/mol. The fourth-order valence-electron chi connectivity index (χ4n) is 2.47. The molecule has 0 fully saturated rings. The summed E-state index contributed by atoms with van der Waals surface area (Å²) in [6.07, 6.45) is 2.35. The van der Waals surface area contributed by atoms with Gasteiger partial charge in [-0.15, -0.1) is 0 Å². The van der Waals surface area contributed by atoms with Crippen LogP contribution in [0.15, 0.2) is 42.6 Å². The van der Waals surface area contributed by atoms with Crippen molar-refractivity contribution in [3.05, 3.63) is 65.0 Å². The molecule has 0 atom stereocenters. The van der Waals surface area contributed by atoms with Crippen LogP contribution in [0.25, 0.3) is 0 Å². The molecule has 0 spiro atoms. The number of aryl methyl sites for hydroxylation is 1. The van der Waals surface area contributed by atoms with Crippen LogP contribution in [0.2, 0.25) is 0 Å². The quantitative estimate of drug-likeness (QED) is 0.711. The van der Waals surface area contributed by atoms with Crippen LogP contribution in [0.5, 0.6) is 0 Å². The third-order valence-corrected chi connectivity index (χ3v) is 4.02. The number of hydrogen-bond donors (Lipinski definition) is 2. The van der Waals surface area contributed by atoms with Gasteiger partial charge in [0.1, 0.15) is 5.69 Å². The topological polar surface area (TPSA) is 74.3 Å². The van der Waals surface area contributed by atoms with E-state index in [1.807, 2.05) is 45.3 Å². The Bertz CT molecular complexity index is 759. The molecule has 0 bridgehead atoms. The highest BCUT2D eigenvalue weighted by Gasteiger charge is 2.12. The van der Waals surface area contributed by atoms with Crippen molar-refractivity contribution in [3.8, 4) is 0 Å². The monoisotopic (exact) mass is 354 g/mol. The van der Waals surface area contributed by atoms with Crippen LogP contribution in [-0.2, 0) is 6.54 Å². The summed E-state index contributed by atoms with van der Waals surface area (Å²) in [6, 6.07) is 11.0. The highest BCUT2D eigenvalue weighted by molar-refractivity contribution is 5.98. The zero-order valence-electron chi connectivity index (χ0n) is 15.6. The van der Waals surface area contributed by atoms with Gasteiger partial charge in [-0.3, -0.25) is 14.6 Å². The van der Waals surface area contributed by atoms with E-state index in [0.717, 1.165) is 24.1 Å². The molecule has 1 heterocycles. The van der Waals surface area contributed by atoms with Crippen molar-refractivity contribution in [2.45, 2.75) is 19.9 Å². The zero-order valence-corrected chi connectivity index (χ0v) is 15.6. The Morgan fingerprint density at radius 3 is 2.58 bits per heavy atom. The first kappa shape index (κ1) is 19.6. The minimum Gasteiger partial charge on any atom is -0.352 e. The first-order chi connectivity index (χ1) is 12.5. The molecule has 0 unspecified atom stereocenters. The van der Waals surface area contributed by atoms with E-state index in [1.165, 1.54) is 12.3 Å². The molecule has 2 rings (SSSR count). The van der Waals surface area contributed by atoms with Crippen molar-refractivity contribution in [3.63, 3.8) is 0 Å². The smallest absolute Gasteiger partial charge is 0.270 e. The summed E-state index contributed by atoms with van der Waals surface area (Å²) in [6.45, 7) is 3.92. The molecule has 0 radical (unpaired) electrons. The van der Waals surface area contributed by atoms with Crippen LogP contribution in [0.3, 0.4) is 0 Å². The Balaban J connectivity index is 1.92. The van der Waals surface area contributed by atoms with E-state index in [-0.39, 0.29) is 17.5 Å². The standard InChI is InChI=1S/C20H26N4O2/c1-15-7-4-5-8-17(15)14-23-20(26)18-13-16(9-11-21-18)19(25)22-10-6-12-24(2)3/h4-5,7-9,11,13H,6,10,12,14H2,1-3H3,(H,22,25)(H,23,26). The van der Waals surface area contributed by atoms with E-state index in [0.29, 0.717) is 18.7 Å². The minimum atomic E-state index is -0.296. The maximum absolute atomic E-state index is 12.3. The van der Waals surface area contributed by atoms with Crippen LogP contribution in [0.1, 0.15) is 38.4 Å². The molecule has 2 aromatic rings. The average Bonchev–Trinajstić information content (AvgIpc) is 2.64. The summed E-state index contributed by atoms with van der Waals surface area (Å²) in [5, 5.41) is 5.71. The number of nitrogens with one attached hydrogen (secondary N) is 2. The van der Waals surface area contributed by atoms with Crippen molar-refractivity contribution in [2.75, 3.05) is 27.2 Å². The van der Waals surface area contributed by atoms with Gasteiger partial charge in [0.2, 0.25) is 0 Å². The van der Waals surface area contributed by atoms with Crippen LogP contribution in [0, 0.1) is 6.92 Å². The van der Waals surface area contributed by atoms with E-state index in [1.54, 1.807) is 6.07 Å². The molecular formula is C20H26N4O2. The molecule has 138 valence electrons. The molecule has 0 aliphatic rings. The summed E-state index contributed by atoms with van der Waals surface area (Å²) in [4.78, 5) is 30.7. The van der Waals surface area contributed by atoms with Crippen molar-refractivity contribution in [1.82, 2.24) is 20.5 Å². The largest absolute Gasteiger partial charge is 0.352 e. The number of carbonyl (C=O) groups excluding carboxylic acids is 2.